The van der Waals surface area contributed by atoms with Gasteiger partial charge in [0.2, 0.25) is 0 Å². The van der Waals surface area contributed by atoms with Crippen molar-refractivity contribution in [1.82, 2.24) is 0 Å². The van der Waals surface area contributed by atoms with E-state index in [1.165, 1.54) is 0 Å². The number of benzene rings is 2. The summed E-state index contributed by atoms with van der Waals surface area (Å²) < 4.78 is 33.5. The fraction of sp³-hybridized carbons (Fsp3) is 0.211. The second-order valence-corrected chi connectivity index (χ2v) is 7.69. The third kappa shape index (κ3) is 3.30. The molecule has 0 fully saturated rings. The number of aryl methyl sites for hydroxylation is 2. The van der Waals surface area contributed by atoms with Crippen molar-refractivity contribution < 1.29 is 12.8 Å². The van der Waals surface area contributed by atoms with Crippen molar-refractivity contribution in [2.24, 2.45) is 0 Å². The number of anilines is 2. The van der Waals surface area contributed by atoms with Crippen LogP contribution in [-0.2, 0) is 10.0 Å². The van der Waals surface area contributed by atoms with Crippen molar-refractivity contribution >= 4 is 32.4 Å². The summed E-state index contributed by atoms with van der Waals surface area (Å²) >= 11 is 0. The Morgan fingerprint density at radius 1 is 1.04 bits per heavy atom. The number of hydrogen-bond acceptors (Lipinski definition) is 5. The Morgan fingerprint density at radius 2 is 1.77 bits per heavy atom. The second-order valence-electron chi connectivity index (χ2n) is 6.04. The molecule has 3 aromatic rings. The van der Waals surface area contributed by atoms with Crippen LogP contribution in [0.1, 0.15) is 18.1 Å². The molecule has 1 aromatic heterocycles. The zero-order valence-electron chi connectivity index (χ0n) is 14.8. The summed E-state index contributed by atoms with van der Waals surface area (Å²) in [5.74, 6) is 0. The fourth-order valence-electron chi connectivity index (χ4n) is 2.79. The summed E-state index contributed by atoms with van der Waals surface area (Å²) in [6.45, 7) is 5.91. The van der Waals surface area contributed by atoms with Crippen molar-refractivity contribution in [3.05, 3.63) is 64.0 Å². The molecular weight excluding hydrogens is 352 g/mol. The van der Waals surface area contributed by atoms with Crippen LogP contribution in [-0.4, -0.2) is 15.0 Å². The molecule has 0 aliphatic carbocycles. The average Bonchev–Trinajstić information content (AvgIpc) is 2.60. The van der Waals surface area contributed by atoms with Crippen LogP contribution in [0, 0.1) is 13.8 Å². The van der Waals surface area contributed by atoms with Crippen LogP contribution in [0.25, 0.3) is 11.0 Å². The summed E-state index contributed by atoms with van der Waals surface area (Å²) in [6.07, 6.45) is 0. The first-order valence-electron chi connectivity index (χ1n) is 8.23. The van der Waals surface area contributed by atoms with Crippen molar-refractivity contribution in [2.75, 3.05) is 16.6 Å². The van der Waals surface area contributed by atoms with E-state index in [0.29, 0.717) is 28.8 Å². The highest BCUT2D eigenvalue weighted by Gasteiger charge is 2.23. The van der Waals surface area contributed by atoms with E-state index in [4.69, 9.17) is 4.42 Å². The molecule has 0 aliphatic rings. The molecule has 0 aliphatic heterocycles. The summed E-state index contributed by atoms with van der Waals surface area (Å²) in [4.78, 5) is 12.6. The minimum absolute atomic E-state index is 0.119. The molecule has 2 aromatic carbocycles. The van der Waals surface area contributed by atoms with Gasteiger partial charge >= 0.3 is 5.63 Å². The number of rotatable bonds is 5. The van der Waals surface area contributed by atoms with Gasteiger partial charge in [0, 0.05) is 11.9 Å². The third-order valence-electron chi connectivity index (χ3n) is 4.04. The molecule has 0 saturated carbocycles. The van der Waals surface area contributed by atoms with Gasteiger partial charge in [0.15, 0.2) is 5.69 Å². The van der Waals surface area contributed by atoms with Crippen LogP contribution in [0.3, 0.4) is 0 Å². The molecule has 7 heteroatoms. The lowest BCUT2D eigenvalue weighted by molar-refractivity contribution is 0.563. The zero-order chi connectivity index (χ0) is 18.9. The smallest absolute Gasteiger partial charge is 0.363 e. The number of para-hydroxylation sites is 1. The van der Waals surface area contributed by atoms with E-state index in [1.54, 1.807) is 43.3 Å². The Labute approximate surface area is 151 Å². The summed E-state index contributed by atoms with van der Waals surface area (Å²) in [7, 11) is -3.95. The Bertz CT molecular complexity index is 1130. The van der Waals surface area contributed by atoms with Crippen molar-refractivity contribution in [2.45, 2.75) is 25.7 Å². The average molecular weight is 372 g/mol. The van der Waals surface area contributed by atoms with Crippen LogP contribution in [0.15, 0.2) is 56.6 Å². The lowest BCUT2D eigenvalue weighted by Gasteiger charge is -2.15. The quantitative estimate of drug-likeness (QED) is 0.668. The normalized spacial score (nSPS) is 11.5. The van der Waals surface area contributed by atoms with E-state index in [-0.39, 0.29) is 10.6 Å². The van der Waals surface area contributed by atoms with Gasteiger partial charge < -0.3 is 9.73 Å². The number of hydrogen-bond donors (Lipinski definition) is 2. The molecule has 0 atom stereocenters. The minimum Gasteiger partial charge on any atom is -0.421 e. The number of fused-ring (bicyclic) bond motifs is 1. The third-order valence-corrected chi connectivity index (χ3v) is 5.53. The highest BCUT2D eigenvalue weighted by molar-refractivity contribution is 7.92. The van der Waals surface area contributed by atoms with Gasteiger partial charge in [-0.3, -0.25) is 4.72 Å². The predicted molar refractivity (Wildman–Crippen MR) is 103 cm³/mol. The number of nitrogens with one attached hydrogen (secondary N) is 2. The van der Waals surface area contributed by atoms with E-state index < -0.39 is 15.6 Å². The molecule has 0 bridgehead atoms. The molecule has 0 unspecified atom stereocenters. The molecule has 0 saturated heterocycles. The van der Waals surface area contributed by atoms with Gasteiger partial charge in [-0.2, -0.15) is 0 Å². The first-order chi connectivity index (χ1) is 12.3. The Balaban J connectivity index is 2.19. The highest BCUT2D eigenvalue weighted by Crippen LogP contribution is 2.30. The molecule has 26 heavy (non-hydrogen) atoms. The van der Waals surface area contributed by atoms with E-state index in [2.05, 4.69) is 10.0 Å². The molecule has 0 spiro atoms. The van der Waals surface area contributed by atoms with Crippen molar-refractivity contribution in [3.63, 3.8) is 0 Å². The van der Waals surface area contributed by atoms with Gasteiger partial charge in [-0.15, -0.1) is 0 Å². The maximum Gasteiger partial charge on any atom is 0.363 e. The molecule has 0 radical (unpaired) electrons. The molecule has 0 amide bonds. The molecule has 136 valence electrons. The van der Waals surface area contributed by atoms with Crippen LogP contribution >= 0.6 is 0 Å². The molecular formula is C19H20N2O4S. The van der Waals surface area contributed by atoms with Crippen LogP contribution in [0.2, 0.25) is 0 Å². The van der Waals surface area contributed by atoms with Crippen LogP contribution in [0.5, 0.6) is 0 Å². The molecule has 1 heterocycles. The highest BCUT2D eigenvalue weighted by atomic mass is 32.2. The predicted octanol–water partition coefficient (Wildman–Crippen LogP) is 3.64. The van der Waals surface area contributed by atoms with Crippen molar-refractivity contribution in [1.29, 1.82) is 0 Å². The second kappa shape index (κ2) is 6.84. The van der Waals surface area contributed by atoms with Crippen LogP contribution in [0.4, 0.5) is 11.4 Å². The van der Waals surface area contributed by atoms with Gasteiger partial charge in [-0.1, -0.05) is 24.3 Å². The Kier molecular flexibility index (Phi) is 4.73. The first-order valence-corrected chi connectivity index (χ1v) is 9.71. The molecule has 2 N–H and O–H groups in total. The Hall–Kier alpha value is -2.80. The number of sulfonamides is 1. The fourth-order valence-corrected chi connectivity index (χ4v) is 4.19. The maximum absolute atomic E-state index is 12.9. The van der Waals surface area contributed by atoms with Crippen molar-refractivity contribution in [3.8, 4) is 0 Å². The van der Waals surface area contributed by atoms with Crippen LogP contribution < -0.4 is 15.7 Å². The van der Waals surface area contributed by atoms with Gasteiger partial charge in [-0.05, 0) is 50.1 Å². The van der Waals surface area contributed by atoms with E-state index >= 15 is 0 Å². The van der Waals surface area contributed by atoms with Gasteiger partial charge in [-0.25, -0.2) is 13.2 Å². The molecule has 3 rings (SSSR count). The van der Waals surface area contributed by atoms with E-state index in [0.717, 1.165) is 5.56 Å². The Morgan fingerprint density at radius 3 is 2.50 bits per heavy atom. The van der Waals surface area contributed by atoms with E-state index in [1.807, 2.05) is 19.9 Å². The van der Waals surface area contributed by atoms with Gasteiger partial charge in [0.05, 0.1) is 10.6 Å². The largest absolute Gasteiger partial charge is 0.421 e. The zero-order valence-corrected chi connectivity index (χ0v) is 15.6. The SMILES string of the molecule is CCNc1c(NS(=O)(=O)c2cc(C)ccc2C)c(=O)oc2ccccc12. The summed E-state index contributed by atoms with van der Waals surface area (Å²) in [5, 5.41) is 3.71. The van der Waals surface area contributed by atoms with Gasteiger partial charge in [0.25, 0.3) is 10.0 Å². The lowest BCUT2D eigenvalue weighted by Crippen LogP contribution is -2.21. The lowest BCUT2D eigenvalue weighted by atomic mass is 10.2. The minimum atomic E-state index is -3.95. The monoisotopic (exact) mass is 372 g/mol. The maximum atomic E-state index is 12.9. The summed E-state index contributed by atoms with van der Waals surface area (Å²) in [5.41, 5.74) is 1.35. The van der Waals surface area contributed by atoms with Gasteiger partial charge in [0.1, 0.15) is 5.58 Å². The summed E-state index contributed by atoms with van der Waals surface area (Å²) in [6, 6.07) is 12.1. The topological polar surface area (TPSA) is 88.4 Å². The first kappa shape index (κ1) is 18.0. The van der Waals surface area contributed by atoms with E-state index in [9.17, 15) is 13.2 Å². The standard InChI is InChI=1S/C19H20N2O4S/c1-4-20-17-14-7-5-6-8-15(14)25-19(22)18(17)21-26(23,24)16-11-12(2)9-10-13(16)3/h5-11,20-21H,4H2,1-3H3. The molecule has 6 nitrogen and oxygen atoms in total.